The van der Waals surface area contributed by atoms with Crippen LogP contribution in [0.1, 0.15) is 30.2 Å². The molecule has 0 radical (unpaired) electrons. The fraction of sp³-hybridized carbons (Fsp3) is 0.364. The van der Waals surface area contributed by atoms with E-state index >= 15 is 0 Å². The third kappa shape index (κ3) is 2.84. The van der Waals surface area contributed by atoms with Gasteiger partial charge in [-0.15, -0.1) is 11.3 Å². The molecule has 0 aliphatic carbocycles. The highest BCUT2D eigenvalue weighted by atomic mass is 35.5. The summed E-state index contributed by atoms with van der Waals surface area (Å²) in [5.74, 6) is 1.55. The zero-order valence-electron chi connectivity index (χ0n) is 9.16. The maximum atomic E-state index is 5.88. The van der Waals surface area contributed by atoms with Gasteiger partial charge in [0, 0.05) is 6.04 Å². The molecule has 1 N–H and O–H groups in total. The smallest absolute Gasteiger partial charge is 0.208 e. The minimum absolute atomic E-state index is 0.246. The monoisotopic (exact) mass is 256 g/mol. The van der Waals surface area contributed by atoms with Crippen molar-refractivity contribution in [3.05, 3.63) is 39.2 Å². The van der Waals surface area contributed by atoms with E-state index in [4.69, 9.17) is 16.0 Å². The largest absolute Gasteiger partial charge is 0.445 e. The molecular weight excluding hydrogens is 244 g/mol. The average Bonchev–Trinajstić information content (AvgIpc) is 2.84. The van der Waals surface area contributed by atoms with Crippen molar-refractivity contribution in [2.75, 3.05) is 0 Å². The number of aryl methyl sites for hydroxylation is 1. The Hall–Kier alpha value is -0.840. The lowest BCUT2D eigenvalue weighted by molar-refractivity contribution is 0.432. The van der Waals surface area contributed by atoms with E-state index in [1.165, 1.54) is 5.56 Å². The van der Waals surface area contributed by atoms with E-state index in [9.17, 15) is 0 Å². The fourth-order valence-corrected chi connectivity index (χ4v) is 2.38. The molecule has 0 fully saturated rings. The Bertz CT molecular complexity index is 466. The van der Waals surface area contributed by atoms with Crippen molar-refractivity contribution in [3.8, 4) is 0 Å². The summed E-state index contributed by atoms with van der Waals surface area (Å²) in [6.45, 7) is 4.61. The molecule has 0 saturated heterocycles. The molecule has 2 aromatic rings. The van der Waals surface area contributed by atoms with Crippen molar-refractivity contribution in [2.24, 2.45) is 0 Å². The Morgan fingerprint density at radius 3 is 3.00 bits per heavy atom. The van der Waals surface area contributed by atoms with E-state index in [-0.39, 0.29) is 6.04 Å². The van der Waals surface area contributed by atoms with Gasteiger partial charge in [0.15, 0.2) is 0 Å². The molecule has 86 valence electrons. The van der Waals surface area contributed by atoms with Gasteiger partial charge in [-0.3, -0.25) is 0 Å². The summed E-state index contributed by atoms with van der Waals surface area (Å²) in [5, 5.41) is 5.39. The van der Waals surface area contributed by atoms with Gasteiger partial charge in [0.1, 0.15) is 5.76 Å². The van der Waals surface area contributed by atoms with Crippen LogP contribution in [0.4, 0.5) is 0 Å². The zero-order chi connectivity index (χ0) is 11.5. The number of rotatable bonds is 4. The first kappa shape index (κ1) is 11.6. The Morgan fingerprint density at radius 1 is 1.62 bits per heavy atom. The van der Waals surface area contributed by atoms with Crippen molar-refractivity contribution >= 4 is 22.9 Å². The number of aromatic nitrogens is 1. The third-order valence-electron chi connectivity index (χ3n) is 2.32. The predicted molar refractivity (Wildman–Crippen MR) is 65.8 cm³/mol. The lowest BCUT2D eigenvalue weighted by Gasteiger charge is -2.10. The Morgan fingerprint density at radius 2 is 2.44 bits per heavy atom. The van der Waals surface area contributed by atoms with E-state index < -0.39 is 0 Å². The lowest BCUT2D eigenvalue weighted by Crippen LogP contribution is -2.17. The minimum Gasteiger partial charge on any atom is -0.445 e. The van der Waals surface area contributed by atoms with Crippen LogP contribution in [-0.2, 0) is 6.54 Å². The summed E-state index contributed by atoms with van der Waals surface area (Å²) in [6, 6.07) is 2.22. The van der Waals surface area contributed by atoms with Gasteiger partial charge in [-0.2, -0.15) is 0 Å². The van der Waals surface area contributed by atoms with Crippen LogP contribution in [0, 0.1) is 6.92 Å². The second kappa shape index (κ2) is 4.99. The van der Waals surface area contributed by atoms with Crippen LogP contribution in [0.5, 0.6) is 0 Å². The van der Waals surface area contributed by atoms with Gasteiger partial charge in [0.2, 0.25) is 5.89 Å². The summed E-state index contributed by atoms with van der Waals surface area (Å²) in [4.78, 5) is 4.13. The molecule has 1 atom stereocenters. The first-order valence-electron chi connectivity index (χ1n) is 5.04. The average molecular weight is 257 g/mol. The molecule has 2 rings (SSSR count). The van der Waals surface area contributed by atoms with E-state index in [0.717, 1.165) is 10.1 Å². The summed E-state index contributed by atoms with van der Waals surface area (Å²) in [6.07, 6.45) is 1.73. The van der Waals surface area contributed by atoms with Crippen LogP contribution in [-0.4, -0.2) is 4.98 Å². The molecule has 3 nitrogen and oxygen atoms in total. The van der Waals surface area contributed by atoms with Crippen LogP contribution in [0.15, 0.2) is 22.1 Å². The maximum Gasteiger partial charge on any atom is 0.208 e. The SMILES string of the molecule is Cc1cnc(CNC(C)c2csc(Cl)c2)o1. The normalized spacial score (nSPS) is 12.9. The zero-order valence-corrected chi connectivity index (χ0v) is 10.7. The van der Waals surface area contributed by atoms with Crippen LogP contribution in [0.25, 0.3) is 0 Å². The quantitative estimate of drug-likeness (QED) is 0.909. The third-order valence-corrected chi connectivity index (χ3v) is 3.43. The fourth-order valence-electron chi connectivity index (χ4n) is 1.39. The van der Waals surface area contributed by atoms with E-state index in [0.29, 0.717) is 12.4 Å². The minimum atomic E-state index is 0.246. The molecule has 1 unspecified atom stereocenters. The van der Waals surface area contributed by atoms with Crippen LogP contribution >= 0.6 is 22.9 Å². The molecule has 0 spiro atoms. The number of oxazole rings is 1. The van der Waals surface area contributed by atoms with Crippen LogP contribution in [0.3, 0.4) is 0 Å². The van der Waals surface area contributed by atoms with E-state index in [1.807, 2.05) is 13.0 Å². The summed E-state index contributed by atoms with van der Waals surface area (Å²) in [7, 11) is 0. The van der Waals surface area contributed by atoms with Crippen molar-refractivity contribution in [1.29, 1.82) is 0 Å². The second-order valence-corrected chi connectivity index (χ2v) is 5.19. The number of hydrogen-bond acceptors (Lipinski definition) is 4. The highest BCUT2D eigenvalue weighted by Gasteiger charge is 2.08. The molecule has 0 aromatic carbocycles. The van der Waals surface area contributed by atoms with Crippen LogP contribution in [0.2, 0.25) is 4.34 Å². The van der Waals surface area contributed by atoms with Gasteiger partial charge in [0.05, 0.1) is 17.1 Å². The van der Waals surface area contributed by atoms with E-state index in [2.05, 4.69) is 22.6 Å². The molecule has 0 aliphatic heterocycles. The number of halogens is 1. The first-order valence-corrected chi connectivity index (χ1v) is 6.29. The maximum absolute atomic E-state index is 5.88. The number of thiophene rings is 1. The molecule has 16 heavy (non-hydrogen) atoms. The van der Waals surface area contributed by atoms with Crippen LogP contribution < -0.4 is 5.32 Å². The molecule has 0 aliphatic rings. The van der Waals surface area contributed by atoms with Gasteiger partial charge in [-0.25, -0.2) is 4.98 Å². The van der Waals surface area contributed by atoms with Crippen molar-refractivity contribution in [3.63, 3.8) is 0 Å². The summed E-state index contributed by atoms with van der Waals surface area (Å²) >= 11 is 7.43. The number of nitrogens with zero attached hydrogens (tertiary/aromatic N) is 1. The Kier molecular flexibility index (Phi) is 3.63. The molecule has 0 bridgehead atoms. The molecule has 2 aromatic heterocycles. The van der Waals surface area contributed by atoms with Gasteiger partial charge in [-0.05, 0) is 30.9 Å². The molecule has 5 heteroatoms. The topological polar surface area (TPSA) is 38.1 Å². The molecule has 0 saturated carbocycles. The van der Waals surface area contributed by atoms with E-state index in [1.54, 1.807) is 17.5 Å². The van der Waals surface area contributed by atoms with Gasteiger partial charge in [-0.1, -0.05) is 11.6 Å². The highest BCUT2D eigenvalue weighted by Crippen LogP contribution is 2.24. The molecule has 0 amide bonds. The second-order valence-electron chi connectivity index (χ2n) is 3.65. The van der Waals surface area contributed by atoms with Crippen molar-refractivity contribution in [2.45, 2.75) is 26.4 Å². The van der Waals surface area contributed by atoms with Crippen molar-refractivity contribution < 1.29 is 4.42 Å². The summed E-state index contributed by atoms with van der Waals surface area (Å²) in [5.41, 5.74) is 1.19. The number of nitrogens with one attached hydrogen (secondary N) is 1. The standard InChI is InChI=1S/C11H13ClN2OS/c1-7-4-14-11(15-7)5-13-8(2)9-3-10(12)16-6-9/h3-4,6,8,13H,5H2,1-2H3. The molecular formula is C11H13ClN2OS. The first-order chi connectivity index (χ1) is 7.65. The summed E-state index contributed by atoms with van der Waals surface area (Å²) < 4.78 is 6.19. The predicted octanol–water partition coefficient (Wildman–Crippen LogP) is 3.55. The lowest BCUT2D eigenvalue weighted by atomic mass is 10.2. The van der Waals surface area contributed by atoms with Crippen molar-refractivity contribution in [1.82, 2.24) is 10.3 Å². The highest BCUT2D eigenvalue weighted by molar-refractivity contribution is 7.14. The Balaban J connectivity index is 1.91. The van der Waals surface area contributed by atoms with Gasteiger partial charge < -0.3 is 9.73 Å². The van der Waals surface area contributed by atoms with Gasteiger partial charge in [0.25, 0.3) is 0 Å². The number of hydrogen-bond donors (Lipinski definition) is 1. The molecule has 2 heterocycles. The Labute approximate surface area is 103 Å². The van der Waals surface area contributed by atoms with Gasteiger partial charge >= 0.3 is 0 Å².